The van der Waals surface area contributed by atoms with Crippen LogP contribution in [0.1, 0.15) is 5.01 Å². The second kappa shape index (κ2) is 3.59. The molecule has 0 radical (unpaired) electrons. The van der Waals surface area contributed by atoms with E-state index in [0.29, 0.717) is 5.11 Å². The van der Waals surface area contributed by atoms with Crippen LogP contribution in [0.2, 0.25) is 0 Å². The first kappa shape index (κ1) is 8.35. The van der Waals surface area contributed by atoms with Crippen LogP contribution in [0.25, 0.3) is 0 Å². The highest BCUT2D eigenvalue weighted by Crippen LogP contribution is 2.12. The Kier molecular flexibility index (Phi) is 2.72. The summed E-state index contributed by atoms with van der Waals surface area (Å²) in [5.41, 5.74) is 0. The topological polar surface area (TPSA) is 49.8 Å². The fraction of sp³-hybridized carbons (Fsp3) is 0.400. The molecule has 6 heteroatoms. The van der Waals surface area contributed by atoms with Crippen LogP contribution in [0.5, 0.6) is 0 Å². The molecule has 60 valence electrons. The molecule has 1 heterocycles. The minimum Gasteiger partial charge on any atom is -0.365 e. The average molecular weight is 188 g/mol. The summed E-state index contributed by atoms with van der Waals surface area (Å²) >= 11 is 6.33. The molecule has 0 aliphatic carbocycles. The smallest absolute Gasteiger partial charge is 0.211 e. The Morgan fingerprint density at radius 2 is 2.27 bits per heavy atom. The van der Waals surface area contributed by atoms with Crippen LogP contribution in [0, 0.1) is 6.92 Å². The zero-order chi connectivity index (χ0) is 8.27. The Hall–Kier alpha value is -0.750. The van der Waals surface area contributed by atoms with E-state index in [1.165, 1.54) is 11.3 Å². The van der Waals surface area contributed by atoms with Crippen LogP contribution in [-0.2, 0) is 0 Å². The summed E-state index contributed by atoms with van der Waals surface area (Å²) < 4.78 is 0. The highest BCUT2D eigenvalue weighted by atomic mass is 32.1. The fourth-order valence-corrected chi connectivity index (χ4v) is 1.26. The summed E-state index contributed by atoms with van der Waals surface area (Å²) in [7, 11) is 1.75. The quantitative estimate of drug-likeness (QED) is 0.637. The Bertz CT molecular complexity index is 257. The number of hydrogen-bond acceptors (Lipinski definition) is 4. The molecule has 1 rings (SSSR count). The Morgan fingerprint density at radius 1 is 1.55 bits per heavy atom. The maximum absolute atomic E-state index is 4.86. The zero-order valence-electron chi connectivity index (χ0n) is 6.21. The molecule has 0 saturated heterocycles. The van der Waals surface area contributed by atoms with Gasteiger partial charge in [-0.3, -0.25) is 0 Å². The highest BCUT2D eigenvalue weighted by Gasteiger charge is 1.99. The molecule has 2 N–H and O–H groups in total. The van der Waals surface area contributed by atoms with E-state index >= 15 is 0 Å². The zero-order valence-corrected chi connectivity index (χ0v) is 7.84. The lowest BCUT2D eigenvalue weighted by Crippen LogP contribution is -2.23. The number of rotatable bonds is 1. The monoisotopic (exact) mass is 188 g/mol. The molecule has 0 unspecified atom stereocenters. The maximum Gasteiger partial charge on any atom is 0.211 e. The van der Waals surface area contributed by atoms with Gasteiger partial charge in [-0.25, -0.2) is 0 Å². The molecule has 1 aromatic rings. The second-order valence-electron chi connectivity index (χ2n) is 1.83. The lowest BCUT2D eigenvalue weighted by atomic mass is 10.9. The van der Waals surface area contributed by atoms with Crippen molar-refractivity contribution in [2.24, 2.45) is 0 Å². The summed E-state index contributed by atoms with van der Waals surface area (Å²) in [6.07, 6.45) is 0. The van der Waals surface area contributed by atoms with Gasteiger partial charge in [-0.05, 0) is 19.1 Å². The van der Waals surface area contributed by atoms with E-state index in [1.54, 1.807) is 7.05 Å². The van der Waals surface area contributed by atoms with Gasteiger partial charge >= 0.3 is 0 Å². The minimum absolute atomic E-state index is 0.557. The van der Waals surface area contributed by atoms with Crippen molar-refractivity contribution < 1.29 is 0 Å². The molecule has 0 saturated carbocycles. The number of aryl methyl sites for hydroxylation is 1. The normalized spacial score (nSPS) is 9.27. The van der Waals surface area contributed by atoms with Gasteiger partial charge in [0, 0.05) is 7.05 Å². The first-order chi connectivity index (χ1) is 5.22. The summed E-state index contributed by atoms with van der Waals surface area (Å²) in [4.78, 5) is 0. The Balaban J connectivity index is 2.57. The van der Waals surface area contributed by atoms with Crippen molar-refractivity contribution in [2.75, 3.05) is 12.4 Å². The van der Waals surface area contributed by atoms with Crippen LogP contribution in [0.3, 0.4) is 0 Å². The highest BCUT2D eigenvalue weighted by molar-refractivity contribution is 7.80. The molecule has 4 nitrogen and oxygen atoms in total. The first-order valence-corrected chi connectivity index (χ1v) is 4.23. The van der Waals surface area contributed by atoms with Crippen LogP contribution >= 0.6 is 23.6 Å². The van der Waals surface area contributed by atoms with Gasteiger partial charge in [-0.2, -0.15) is 0 Å². The van der Waals surface area contributed by atoms with Gasteiger partial charge in [0.05, 0.1) is 0 Å². The molecule has 0 fully saturated rings. The van der Waals surface area contributed by atoms with E-state index in [2.05, 4.69) is 20.8 Å². The number of nitrogens with zero attached hydrogens (tertiary/aromatic N) is 2. The van der Waals surface area contributed by atoms with E-state index in [4.69, 9.17) is 12.2 Å². The van der Waals surface area contributed by atoms with Crippen molar-refractivity contribution in [3.63, 3.8) is 0 Å². The van der Waals surface area contributed by atoms with Crippen LogP contribution in [0.15, 0.2) is 0 Å². The predicted octanol–water partition coefficient (Wildman–Crippen LogP) is 0.763. The molecule has 0 aromatic carbocycles. The maximum atomic E-state index is 4.86. The van der Waals surface area contributed by atoms with E-state index in [9.17, 15) is 0 Å². The molecule has 0 amide bonds. The first-order valence-electron chi connectivity index (χ1n) is 3.01. The molecule has 1 aromatic heterocycles. The van der Waals surface area contributed by atoms with Crippen LogP contribution in [-0.4, -0.2) is 22.4 Å². The van der Waals surface area contributed by atoms with Crippen molar-refractivity contribution in [1.29, 1.82) is 0 Å². The van der Waals surface area contributed by atoms with Crippen molar-refractivity contribution in [3.8, 4) is 0 Å². The van der Waals surface area contributed by atoms with E-state index in [0.717, 1.165) is 10.1 Å². The lowest BCUT2D eigenvalue weighted by molar-refractivity contribution is 1.05. The van der Waals surface area contributed by atoms with Crippen LogP contribution < -0.4 is 10.6 Å². The SMILES string of the molecule is CNC(=S)Nc1nnc(C)s1. The molecule has 0 spiro atoms. The fourth-order valence-electron chi connectivity index (χ4n) is 0.507. The van der Waals surface area contributed by atoms with Gasteiger partial charge in [-0.15, -0.1) is 10.2 Å². The molecular weight excluding hydrogens is 180 g/mol. The third-order valence-corrected chi connectivity index (χ3v) is 2.03. The van der Waals surface area contributed by atoms with Gasteiger partial charge in [-0.1, -0.05) is 11.3 Å². The molecule has 11 heavy (non-hydrogen) atoms. The summed E-state index contributed by atoms with van der Waals surface area (Å²) in [5.74, 6) is 0. The third kappa shape index (κ3) is 2.39. The number of anilines is 1. The summed E-state index contributed by atoms with van der Waals surface area (Å²) in [6.45, 7) is 1.89. The van der Waals surface area contributed by atoms with Crippen molar-refractivity contribution in [1.82, 2.24) is 15.5 Å². The largest absolute Gasteiger partial charge is 0.365 e. The Labute approximate surface area is 74.0 Å². The number of nitrogens with one attached hydrogen (secondary N) is 2. The number of aromatic nitrogens is 2. The van der Waals surface area contributed by atoms with Crippen molar-refractivity contribution in [2.45, 2.75) is 6.92 Å². The number of thiocarbonyl (C=S) groups is 1. The van der Waals surface area contributed by atoms with Gasteiger partial charge in [0.1, 0.15) is 5.01 Å². The third-order valence-electron chi connectivity index (χ3n) is 0.974. The molecule has 0 aliphatic heterocycles. The van der Waals surface area contributed by atoms with Crippen LogP contribution in [0.4, 0.5) is 5.13 Å². The molecule has 0 bridgehead atoms. The average Bonchev–Trinajstić information content (AvgIpc) is 2.35. The minimum atomic E-state index is 0.557. The predicted molar refractivity (Wildman–Crippen MR) is 49.9 cm³/mol. The van der Waals surface area contributed by atoms with Gasteiger partial charge in [0.15, 0.2) is 5.11 Å². The standard InChI is InChI=1S/C5H8N4S2/c1-3-8-9-5(11-3)7-4(10)6-2/h1-2H3,(H2,6,7,9,10). The summed E-state index contributed by atoms with van der Waals surface area (Å²) in [6, 6.07) is 0. The van der Waals surface area contributed by atoms with Gasteiger partial charge < -0.3 is 10.6 Å². The van der Waals surface area contributed by atoms with E-state index < -0.39 is 0 Å². The van der Waals surface area contributed by atoms with Gasteiger partial charge in [0.2, 0.25) is 5.13 Å². The van der Waals surface area contributed by atoms with E-state index in [-0.39, 0.29) is 0 Å². The molecule has 0 aliphatic rings. The van der Waals surface area contributed by atoms with Gasteiger partial charge in [0.25, 0.3) is 0 Å². The lowest BCUT2D eigenvalue weighted by Gasteiger charge is -2.00. The van der Waals surface area contributed by atoms with E-state index in [1.807, 2.05) is 6.92 Å². The molecule has 0 atom stereocenters. The molecular formula is C5H8N4S2. The second-order valence-corrected chi connectivity index (χ2v) is 3.42. The number of hydrogen-bond donors (Lipinski definition) is 2. The van der Waals surface area contributed by atoms with Crippen molar-refractivity contribution in [3.05, 3.63) is 5.01 Å². The summed E-state index contributed by atoms with van der Waals surface area (Å²) in [5, 5.41) is 15.5. The Morgan fingerprint density at radius 3 is 2.73 bits per heavy atom. The van der Waals surface area contributed by atoms with Crippen molar-refractivity contribution >= 4 is 33.8 Å².